The van der Waals surface area contributed by atoms with Gasteiger partial charge < -0.3 is 9.72 Å². The zero-order chi connectivity index (χ0) is 13.2. The van der Waals surface area contributed by atoms with Gasteiger partial charge in [0.2, 0.25) is 0 Å². The quantitative estimate of drug-likeness (QED) is 0.755. The Kier molecular flexibility index (Phi) is 2.80. The van der Waals surface area contributed by atoms with Crippen LogP contribution in [0.4, 0.5) is 0 Å². The molecule has 0 atom stereocenters. The molecule has 0 radical (unpaired) electrons. The molecule has 94 valence electrons. The van der Waals surface area contributed by atoms with E-state index < -0.39 is 0 Å². The summed E-state index contributed by atoms with van der Waals surface area (Å²) in [7, 11) is 0. The van der Waals surface area contributed by atoms with Gasteiger partial charge in [-0.05, 0) is 36.8 Å². The fourth-order valence-corrected chi connectivity index (χ4v) is 2.06. The van der Waals surface area contributed by atoms with E-state index in [2.05, 4.69) is 4.98 Å². The van der Waals surface area contributed by atoms with Gasteiger partial charge in [-0.3, -0.25) is 4.79 Å². The lowest BCUT2D eigenvalue weighted by molar-refractivity contribution is 0.487. The monoisotopic (exact) mass is 251 g/mol. The van der Waals surface area contributed by atoms with E-state index in [9.17, 15) is 4.79 Å². The van der Waals surface area contributed by atoms with Crippen LogP contribution in [0.15, 0.2) is 59.4 Å². The first-order valence-corrected chi connectivity index (χ1v) is 6.09. The lowest BCUT2D eigenvalue weighted by Gasteiger charge is -2.09. The highest BCUT2D eigenvalue weighted by atomic mass is 16.5. The Bertz CT molecular complexity index is 790. The SMILES string of the molecule is Cc1cccc(Oc2cc(=O)[nH]c3ccccc23)c1. The Balaban J connectivity index is 2.12. The highest BCUT2D eigenvalue weighted by molar-refractivity contribution is 5.84. The highest BCUT2D eigenvalue weighted by Crippen LogP contribution is 2.27. The van der Waals surface area contributed by atoms with Gasteiger partial charge in [0, 0.05) is 11.5 Å². The number of aromatic nitrogens is 1. The number of H-pyrrole nitrogens is 1. The largest absolute Gasteiger partial charge is 0.456 e. The van der Waals surface area contributed by atoms with E-state index in [-0.39, 0.29) is 5.56 Å². The van der Waals surface area contributed by atoms with Crippen molar-refractivity contribution in [2.45, 2.75) is 6.92 Å². The molecule has 0 saturated carbocycles. The molecule has 0 unspecified atom stereocenters. The van der Waals surface area contributed by atoms with Crippen molar-refractivity contribution in [1.82, 2.24) is 4.98 Å². The topological polar surface area (TPSA) is 42.1 Å². The summed E-state index contributed by atoms with van der Waals surface area (Å²) in [6, 6.07) is 16.8. The number of nitrogens with one attached hydrogen (secondary N) is 1. The number of hydrogen-bond donors (Lipinski definition) is 1. The number of rotatable bonds is 2. The Labute approximate surface area is 110 Å². The average Bonchev–Trinajstić information content (AvgIpc) is 2.38. The van der Waals surface area contributed by atoms with Crippen LogP contribution in [-0.4, -0.2) is 4.98 Å². The number of para-hydroxylation sites is 1. The van der Waals surface area contributed by atoms with Gasteiger partial charge in [0.25, 0.3) is 5.56 Å². The maximum atomic E-state index is 11.6. The molecule has 3 nitrogen and oxygen atoms in total. The number of aromatic amines is 1. The first kappa shape index (κ1) is 11.5. The Morgan fingerprint density at radius 1 is 1.00 bits per heavy atom. The van der Waals surface area contributed by atoms with Crippen LogP contribution in [-0.2, 0) is 0 Å². The minimum absolute atomic E-state index is 0.165. The third kappa shape index (κ3) is 2.36. The van der Waals surface area contributed by atoms with E-state index in [1.54, 1.807) is 0 Å². The standard InChI is InChI=1S/C16H13NO2/c1-11-5-4-6-12(9-11)19-15-10-16(18)17-14-8-3-2-7-13(14)15/h2-10H,1H3,(H,17,18). The Hall–Kier alpha value is -2.55. The number of aryl methyl sites for hydroxylation is 1. The number of pyridine rings is 1. The van der Waals surface area contributed by atoms with Crippen LogP contribution < -0.4 is 10.3 Å². The number of fused-ring (bicyclic) bond motifs is 1. The summed E-state index contributed by atoms with van der Waals surface area (Å²) < 4.78 is 5.83. The van der Waals surface area contributed by atoms with Gasteiger partial charge in [-0.2, -0.15) is 0 Å². The molecule has 0 aliphatic carbocycles. The van der Waals surface area contributed by atoms with Gasteiger partial charge in [0.05, 0.1) is 5.52 Å². The molecule has 1 aromatic heterocycles. The minimum Gasteiger partial charge on any atom is -0.456 e. The molecule has 0 saturated heterocycles. The van der Waals surface area contributed by atoms with Gasteiger partial charge >= 0.3 is 0 Å². The zero-order valence-electron chi connectivity index (χ0n) is 10.5. The van der Waals surface area contributed by atoms with Crippen LogP contribution in [0.5, 0.6) is 11.5 Å². The maximum Gasteiger partial charge on any atom is 0.252 e. The minimum atomic E-state index is -0.165. The van der Waals surface area contributed by atoms with Gasteiger partial charge in [-0.25, -0.2) is 0 Å². The maximum absolute atomic E-state index is 11.6. The van der Waals surface area contributed by atoms with E-state index in [0.717, 1.165) is 22.2 Å². The number of ether oxygens (including phenoxy) is 1. The van der Waals surface area contributed by atoms with E-state index in [0.29, 0.717) is 5.75 Å². The average molecular weight is 251 g/mol. The molecule has 2 aromatic carbocycles. The van der Waals surface area contributed by atoms with Gasteiger partial charge in [0.15, 0.2) is 0 Å². The molecule has 0 fully saturated rings. The first-order chi connectivity index (χ1) is 9.22. The number of benzene rings is 2. The molecule has 0 aliphatic heterocycles. The van der Waals surface area contributed by atoms with Crippen molar-refractivity contribution < 1.29 is 4.74 Å². The van der Waals surface area contributed by atoms with Crippen LogP contribution in [0, 0.1) is 6.92 Å². The van der Waals surface area contributed by atoms with Crippen LogP contribution in [0.25, 0.3) is 10.9 Å². The summed E-state index contributed by atoms with van der Waals surface area (Å²) in [5.74, 6) is 1.31. The smallest absolute Gasteiger partial charge is 0.252 e. The third-order valence-corrected chi connectivity index (χ3v) is 2.93. The van der Waals surface area contributed by atoms with Crippen molar-refractivity contribution in [2.24, 2.45) is 0 Å². The predicted molar refractivity (Wildman–Crippen MR) is 75.8 cm³/mol. The van der Waals surface area contributed by atoms with Crippen LogP contribution >= 0.6 is 0 Å². The van der Waals surface area contributed by atoms with Gasteiger partial charge in [-0.1, -0.05) is 24.3 Å². The molecule has 1 heterocycles. The summed E-state index contributed by atoms with van der Waals surface area (Å²) in [4.78, 5) is 14.4. The number of hydrogen-bond acceptors (Lipinski definition) is 2. The Morgan fingerprint density at radius 2 is 1.84 bits per heavy atom. The predicted octanol–water partition coefficient (Wildman–Crippen LogP) is 3.63. The molecule has 1 N–H and O–H groups in total. The molecule has 0 spiro atoms. The zero-order valence-corrected chi connectivity index (χ0v) is 10.5. The molecule has 3 heteroatoms. The summed E-state index contributed by atoms with van der Waals surface area (Å²) in [5, 5.41) is 0.892. The molecular weight excluding hydrogens is 238 g/mol. The van der Waals surface area contributed by atoms with Crippen molar-refractivity contribution >= 4 is 10.9 Å². The molecule has 0 aliphatic rings. The summed E-state index contributed by atoms with van der Waals surface area (Å²) in [6.07, 6.45) is 0. The molecule has 3 rings (SSSR count). The first-order valence-electron chi connectivity index (χ1n) is 6.09. The third-order valence-electron chi connectivity index (χ3n) is 2.93. The van der Waals surface area contributed by atoms with Crippen molar-refractivity contribution in [1.29, 1.82) is 0 Å². The van der Waals surface area contributed by atoms with Gasteiger partial charge in [0.1, 0.15) is 11.5 Å². The van der Waals surface area contributed by atoms with Gasteiger partial charge in [-0.15, -0.1) is 0 Å². The lowest BCUT2D eigenvalue weighted by Crippen LogP contribution is -2.04. The van der Waals surface area contributed by atoms with Crippen molar-refractivity contribution in [3.63, 3.8) is 0 Å². The summed E-state index contributed by atoms with van der Waals surface area (Å²) in [5.41, 5.74) is 1.73. The molecule has 0 amide bonds. The van der Waals surface area contributed by atoms with Crippen LogP contribution in [0.2, 0.25) is 0 Å². The van der Waals surface area contributed by atoms with E-state index >= 15 is 0 Å². The van der Waals surface area contributed by atoms with Crippen LogP contribution in [0.1, 0.15) is 5.56 Å². The second-order valence-electron chi connectivity index (χ2n) is 4.46. The second kappa shape index (κ2) is 4.61. The van der Waals surface area contributed by atoms with Crippen molar-refractivity contribution in [2.75, 3.05) is 0 Å². The second-order valence-corrected chi connectivity index (χ2v) is 4.46. The highest BCUT2D eigenvalue weighted by Gasteiger charge is 2.05. The van der Waals surface area contributed by atoms with Crippen molar-refractivity contribution in [3.05, 3.63) is 70.5 Å². The molecule has 0 bridgehead atoms. The normalized spacial score (nSPS) is 10.6. The molecule has 19 heavy (non-hydrogen) atoms. The van der Waals surface area contributed by atoms with E-state index in [1.165, 1.54) is 6.07 Å². The Morgan fingerprint density at radius 3 is 2.68 bits per heavy atom. The van der Waals surface area contributed by atoms with Crippen LogP contribution in [0.3, 0.4) is 0 Å². The summed E-state index contributed by atoms with van der Waals surface area (Å²) in [6.45, 7) is 2.00. The van der Waals surface area contributed by atoms with Crippen molar-refractivity contribution in [3.8, 4) is 11.5 Å². The lowest BCUT2D eigenvalue weighted by atomic mass is 10.2. The summed E-state index contributed by atoms with van der Waals surface area (Å²) >= 11 is 0. The van der Waals surface area contributed by atoms with E-state index in [1.807, 2.05) is 55.5 Å². The van der Waals surface area contributed by atoms with E-state index in [4.69, 9.17) is 4.74 Å². The fourth-order valence-electron chi connectivity index (χ4n) is 2.06. The molecule has 3 aromatic rings. The molecular formula is C16H13NO2. The fraction of sp³-hybridized carbons (Fsp3) is 0.0625.